The highest BCUT2D eigenvalue weighted by atomic mass is 16.5. The van der Waals surface area contributed by atoms with Gasteiger partial charge in [-0.1, -0.05) is 26.0 Å². The Balaban J connectivity index is 2.06. The van der Waals surface area contributed by atoms with Crippen LogP contribution in [0, 0.1) is 5.92 Å². The Morgan fingerprint density at radius 3 is 2.62 bits per heavy atom. The van der Waals surface area contributed by atoms with E-state index in [1.54, 1.807) is 11.8 Å². The number of hydrogen-bond donors (Lipinski definition) is 1. The van der Waals surface area contributed by atoms with E-state index in [2.05, 4.69) is 13.8 Å². The maximum absolute atomic E-state index is 12.7. The smallest absolute Gasteiger partial charge is 0.308 e. The molecule has 1 fully saturated rings. The van der Waals surface area contributed by atoms with E-state index in [-0.39, 0.29) is 11.9 Å². The van der Waals surface area contributed by atoms with Crippen molar-refractivity contribution in [2.24, 2.45) is 5.92 Å². The lowest BCUT2D eigenvalue weighted by atomic mass is 9.90. The van der Waals surface area contributed by atoms with Crippen LogP contribution in [0.1, 0.15) is 52.0 Å². The van der Waals surface area contributed by atoms with E-state index < -0.39 is 18.0 Å². The topological polar surface area (TPSA) is 66.8 Å². The molecule has 1 aliphatic heterocycles. The zero-order chi connectivity index (χ0) is 17.9. The summed E-state index contributed by atoms with van der Waals surface area (Å²) in [6.07, 6.45) is 0.691. The summed E-state index contributed by atoms with van der Waals surface area (Å²) in [5, 5.41) is 9.30. The summed E-state index contributed by atoms with van der Waals surface area (Å²) < 4.78 is 5.83. The molecule has 132 valence electrons. The maximum atomic E-state index is 12.7. The fourth-order valence-corrected chi connectivity index (χ4v) is 3.22. The highest BCUT2D eigenvalue weighted by Crippen LogP contribution is 2.26. The number of aliphatic carboxylic acids is 1. The van der Waals surface area contributed by atoms with Crippen LogP contribution in [-0.2, 0) is 9.59 Å². The molecule has 1 aliphatic rings. The fourth-order valence-electron chi connectivity index (χ4n) is 3.22. The maximum Gasteiger partial charge on any atom is 0.308 e. The van der Waals surface area contributed by atoms with Crippen LogP contribution in [0.3, 0.4) is 0 Å². The number of ether oxygens (including phenoxy) is 1. The summed E-state index contributed by atoms with van der Waals surface area (Å²) in [6.45, 7) is 8.33. The van der Waals surface area contributed by atoms with Gasteiger partial charge in [-0.2, -0.15) is 0 Å². The van der Waals surface area contributed by atoms with Crippen LogP contribution in [0.25, 0.3) is 0 Å². The van der Waals surface area contributed by atoms with E-state index in [9.17, 15) is 14.7 Å². The first-order valence-electron chi connectivity index (χ1n) is 8.61. The van der Waals surface area contributed by atoms with E-state index in [1.165, 1.54) is 0 Å². The number of nitrogens with zero attached hydrogens (tertiary/aromatic N) is 1. The molecule has 0 radical (unpaired) electrons. The number of likely N-dealkylation sites (tertiary alicyclic amines) is 1. The van der Waals surface area contributed by atoms with Crippen LogP contribution in [0.5, 0.6) is 5.75 Å². The molecule has 2 rings (SSSR count). The van der Waals surface area contributed by atoms with Crippen molar-refractivity contribution in [1.82, 2.24) is 4.90 Å². The highest BCUT2D eigenvalue weighted by molar-refractivity contribution is 5.82. The molecule has 1 saturated heterocycles. The molecule has 0 aromatic heterocycles. The van der Waals surface area contributed by atoms with Gasteiger partial charge in [0.05, 0.1) is 5.92 Å². The van der Waals surface area contributed by atoms with Crippen molar-refractivity contribution < 1.29 is 19.4 Å². The largest absolute Gasteiger partial charge is 0.481 e. The average molecular weight is 333 g/mol. The van der Waals surface area contributed by atoms with Crippen LogP contribution in [-0.4, -0.2) is 40.6 Å². The molecular weight excluding hydrogens is 306 g/mol. The molecule has 0 bridgehead atoms. The van der Waals surface area contributed by atoms with Crippen molar-refractivity contribution >= 4 is 11.9 Å². The van der Waals surface area contributed by atoms with Crippen molar-refractivity contribution in [3.05, 3.63) is 29.8 Å². The molecule has 1 amide bonds. The zero-order valence-electron chi connectivity index (χ0n) is 14.9. The van der Waals surface area contributed by atoms with E-state index in [4.69, 9.17) is 4.74 Å². The molecule has 0 aliphatic carbocycles. The van der Waals surface area contributed by atoms with Crippen LogP contribution >= 0.6 is 0 Å². The molecule has 1 aromatic rings. The van der Waals surface area contributed by atoms with Gasteiger partial charge in [0.15, 0.2) is 6.10 Å². The third-order valence-corrected chi connectivity index (χ3v) is 4.77. The first-order chi connectivity index (χ1) is 11.3. The molecular formula is C19H27NO4. The number of carboxylic acids is 1. The normalized spacial score (nSPS) is 22.3. The van der Waals surface area contributed by atoms with Gasteiger partial charge in [-0.3, -0.25) is 9.59 Å². The number of amides is 1. The molecule has 5 heteroatoms. The summed E-state index contributed by atoms with van der Waals surface area (Å²) in [6, 6.07) is 7.44. The Morgan fingerprint density at radius 2 is 2.00 bits per heavy atom. The van der Waals surface area contributed by atoms with Gasteiger partial charge < -0.3 is 14.7 Å². The summed E-state index contributed by atoms with van der Waals surface area (Å²) in [5.41, 5.74) is 1.16. The minimum atomic E-state index is -0.835. The predicted molar refractivity (Wildman–Crippen MR) is 92.2 cm³/mol. The minimum Gasteiger partial charge on any atom is -0.481 e. The van der Waals surface area contributed by atoms with E-state index in [1.807, 2.05) is 31.2 Å². The Bertz CT molecular complexity index is 599. The molecule has 1 unspecified atom stereocenters. The number of carboxylic acid groups (broad SMARTS) is 1. The van der Waals surface area contributed by atoms with Crippen LogP contribution in [0.2, 0.25) is 0 Å². The lowest BCUT2D eigenvalue weighted by molar-refractivity contribution is -0.151. The Labute approximate surface area is 143 Å². The summed E-state index contributed by atoms with van der Waals surface area (Å²) in [7, 11) is 0. The molecule has 1 N–H and O–H groups in total. The van der Waals surface area contributed by atoms with Crippen molar-refractivity contribution in [3.8, 4) is 5.75 Å². The van der Waals surface area contributed by atoms with Gasteiger partial charge in [0.25, 0.3) is 5.91 Å². The summed E-state index contributed by atoms with van der Waals surface area (Å²) >= 11 is 0. The third kappa shape index (κ3) is 4.08. The number of benzene rings is 1. The first-order valence-corrected chi connectivity index (χ1v) is 8.61. The quantitative estimate of drug-likeness (QED) is 0.898. The number of carbonyl (C=O) groups is 2. The van der Waals surface area contributed by atoms with Gasteiger partial charge in [-0.25, -0.2) is 0 Å². The zero-order valence-corrected chi connectivity index (χ0v) is 14.9. The van der Waals surface area contributed by atoms with Gasteiger partial charge in [-0.05, 0) is 50.3 Å². The average Bonchev–Trinajstić information content (AvgIpc) is 2.54. The lowest BCUT2D eigenvalue weighted by Gasteiger charge is -2.38. The predicted octanol–water partition coefficient (Wildman–Crippen LogP) is 3.29. The van der Waals surface area contributed by atoms with Crippen LogP contribution in [0.4, 0.5) is 0 Å². The molecule has 1 aromatic carbocycles. The second-order valence-electron chi connectivity index (χ2n) is 6.85. The Morgan fingerprint density at radius 1 is 1.29 bits per heavy atom. The molecule has 24 heavy (non-hydrogen) atoms. The van der Waals surface area contributed by atoms with Crippen molar-refractivity contribution in [2.45, 2.75) is 58.6 Å². The fraction of sp³-hybridized carbons (Fsp3) is 0.579. The number of rotatable bonds is 5. The standard InChI is InChI=1S/C19H27NO4/c1-12(2)15-7-5-8-16(11-15)24-14(4)18(21)20-10-6-9-17(13(20)3)19(22)23/h5,7-8,11-14,17H,6,9-10H2,1-4H3,(H,22,23)/t13-,14?,17-/m0/s1. The van der Waals surface area contributed by atoms with E-state index in [0.29, 0.717) is 31.1 Å². The van der Waals surface area contributed by atoms with Gasteiger partial charge in [-0.15, -0.1) is 0 Å². The number of piperidine rings is 1. The number of hydrogen-bond acceptors (Lipinski definition) is 3. The second-order valence-corrected chi connectivity index (χ2v) is 6.85. The van der Waals surface area contributed by atoms with E-state index in [0.717, 1.165) is 5.56 Å². The minimum absolute atomic E-state index is 0.150. The molecule has 1 heterocycles. The summed E-state index contributed by atoms with van der Waals surface area (Å²) in [4.78, 5) is 25.7. The lowest BCUT2D eigenvalue weighted by Crippen LogP contribution is -2.52. The van der Waals surface area contributed by atoms with Gasteiger partial charge in [0.2, 0.25) is 0 Å². The van der Waals surface area contributed by atoms with Crippen molar-refractivity contribution in [1.29, 1.82) is 0 Å². The van der Waals surface area contributed by atoms with Gasteiger partial charge >= 0.3 is 5.97 Å². The van der Waals surface area contributed by atoms with Gasteiger partial charge in [0, 0.05) is 12.6 Å². The van der Waals surface area contributed by atoms with Crippen molar-refractivity contribution in [2.75, 3.05) is 6.54 Å². The highest BCUT2D eigenvalue weighted by Gasteiger charge is 2.37. The molecule has 0 saturated carbocycles. The van der Waals surface area contributed by atoms with Gasteiger partial charge in [0.1, 0.15) is 5.75 Å². The van der Waals surface area contributed by atoms with Crippen LogP contribution in [0.15, 0.2) is 24.3 Å². The molecule has 3 atom stereocenters. The molecule has 0 spiro atoms. The van der Waals surface area contributed by atoms with Crippen molar-refractivity contribution in [3.63, 3.8) is 0 Å². The Kier molecular flexibility index (Phi) is 5.86. The second kappa shape index (κ2) is 7.69. The molecule has 5 nitrogen and oxygen atoms in total. The first kappa shape index (κ1) is 18.3. The van der Waals surface area contributed by atoms with Crippen LogP contribution < -0.4 is 4.74 Å². The third-order valence-electron chi connectivity index (χ3n) is 4.77. The SMILES string of the molecule is CC(Oc1cccc(C(C)C)c1)C(=O)N1CCC[C@H](C(=O)O)[C@@H]1C. The number of carbonyl (C=O) groups excluding carboxylic acids is 1. The Hall–Kier alpha value is -2.04. The van der Waals surface area contributed by atoms with E-state index >= 15 is 0 Å². The summed E-state index contributed by atoms with van der Waals surface area (Å²) in [5.74, 6) is -0.430. The monoisotopic (exact) mass is 333 g/mol.